The Balaban J connectivity index is 1.27. The minimum Gasteiger partial charge on any atom is -0.497 e. The van der Waals surface area contributed by atoms with Crippen LogP contribution in [0, 0.1) is 0 Å². The Labute approximate surface area is 268 Å². The van der Waals surface area contributed by atoms with E-state index in [1.165, 1.54) is 6.07 Å². The van der Waals surface area contributed by atoms with Crippen LogP contribution >= 0.6 is 0 Å². The molecule has 3 aromatic rings. The number of aliphatic hydroxyl groups is 1. The number of benzene rings is 3. The van der Waals surface area contributed by atoms with Crippen molar-refractivity contribution in [2.75, 3.05) is 45.8 Å². The van der Waals surface area contributed by atoms with Crippen molar-refractivity contribution in [2.24, 2.45) is 0 Å². The second-order valence-electron chi connectivity index (χ2n) is 11.9. The Morgan fingerprint density at radius 2 is 1.67 bits per heavy atom. The molecule has 12 nitrogen and oxygen atoms in total. The van der Waals surface area contributed by atoms with Gasteiger partial charge in [0.15, 0.2) is 0 Å². The van der Waals surface area contributed by atoms with E-state index >= 15 is 0 Å². The second kappa shape index (κ2) is 12.8. The van der Waals surface area contributed by atoms with Crippen molar-refractivity contribution in [3.05, 3.63) is 66.7 Å². The van der Waals surface area contributed by atoms with E-state index in [-0.39, 0.29) is 36.2 Å². The fourth-order valence-electron chi connectivity index (χ4n) is 6.41. The van der Waals surface area contributed by atoms with Crippen molar-refractivity contribution < 1.29 is 37.3 Å². The lowest BCUT2D eigenvalue weighted by Crippen LogP contribution is -2.60. The van der Waals surface area contributed by atoms with Gasteiger partial charge in [0.25, 0.3) is 0 Å². The number of nitrogens with zero attached hydrogens (tertiary/aromatic N) is 2. The molecule has 3 aromatic carbocycles. The summed E-state index contributed by atoms with van der Waals surface area (Å²) in [5, 5.41) is 16.6. The molecule has 0 radical (unpaired) electrons. The van der Waals surface area contributed by atoms with Gasteiger partial charge in [-0.2, -0.15) is 4.31 Å². The number of ether oxygens (including phenoxy) is 3. The molecule has 2 fully saturated rings. The molecule has 1 spiro atoms. The molecule has 3 aliphatic heterocycles. The van der Waals surface area contributed by atoms with E-state index in [1.54, 1.807) is 55.5 Å². The molecule has 0 aromatic heterocycles. The van der Waals surface area contributed by atoms with Gasteiger partial charge in [0.05, 0.1) is 26.9 Å². The summed E-state index contributed by atoms with van der Waals surface area (Å²) in [5.41, 5.74) is 1.41. The van der Waals surface area contributed by atoms with Crippen LogP contribution in [0.4, 0.5) is 10.5 Å². The first-order valence-corrected chi connectivity index (χ1v) is 16.7. The monoisotopic (exact) mass is 650 g/mol. The van der Waals surface area contributed by atoms with Gasteiger partial charge in [-0.25, -0.2) is 13.2 Å². The van der Waals surface area contributed by atoms with E-state index in [2.05, 4.69) is 10.6 Å². The predicted molar refractivity (Wildman–Crippen MR) is 171 cm³/mol. The third-order valence-electron chi connectivity index (χ3n) is 9.03. The largest absolute Gasteiger partial charge is 0.497 e. The van der Waals surface area contributed by atoms with Crippen molar-refractivity contribution in [2.45, 2.75) is 48.3 Å². The number of sulfonamides is 1. The van der Waals surface area contributed by atoms with Crippen molar-refractivity contribution in [3.8, 4) is 28.4 Å². The SMILES string of the molecule is COc1cccc(NC(=O)N2CCC3(CCOc4cc(-c5cccc(OC)c5)ccc4S(=O)(=O)N4C[C@H](O)C[C@H]4C(=O)N3)CC2)c1. The number of urea groups is 1. The number of carbonyl (C=O) groups excluding carboxylic acids is 2. The second-order valence-corrected chi connectivity index (χ2v) is 13.7. The highest BCUT2D eigenvalue weighted by atomic mass is 32.2. The van der Waals surface area contributed by atoms with Crippen LogP contribution in [0.25, 0.3) is 11.1 Å². The molecule has 3 N–H and O–H groups in total. The number of rotatable bonds is 4. The number of likely N-dealkylation sites (tertiary alicyclic amines) is 1. The summed E-state index contributed by atoms with van der Waals surface area (Å²) in [6.07, 6.45) is 0.252. The molecule has 2 saturated heterocycles. The lowest BCUT2D eigenvalue weighted by Gasteiger charge is -2.43. The zero-order valence-corrected chi connectivity index (χ0v) is 26.6. The zero-order chi connectivity index (χ0) is 32.5. The number of fused-ring (bicyclic) bond motifs is 2. The van der Waals surface area contributed by atoms with Crippen LogP contribution in [-0.4, -0.2) is 92.8 Å². The Morgan fingerprint density at radius 1 is 0.978 bits per heavy atom. The summed E-state index contributed by atoms with van der Waals surface area (Å²) < 4.78 is 46.0. The van der Waals surface area contributed by atoms with Gasteiger partial charge in [-0.05, 0) is 60.4 Å². The molecule has 244 valence electrons. The van der Waals surface area contributed by atoms with E-state index in [4.69, 9.17) is 14.2 Å². The highest BCUT2D eigenvalue weighted by molar-refractivity contribution is 7.89. The smallest absolute Gasteiger partial charge is 0.321 e. The molecule has 0 bridgehead atoms. The molecule has 0 unspecified atom stereocenters. The first-order valence-electron chi connectivity index (χ1n) is 15.2. The summed E-state index contributed by atoms with van der Waals surface area (Å²) in [7, 11) is -1.08. The van der Waals surface area contributed by atoms with E-state index in [0.717, 1.165) is 15.4 Å². The number of nitrogens with one attached hydrogen (secondary N) is 2. The highest BCUT2D eigenvalue weighted by Crippen LogP contribution is 2.38. The van der Waals surface area contributed by atoms with E-state index < -0.39 is 33.6 Å². The average molecular weight is 651 g/mol. The number of piperidine rings is 1. The van der Waals surface area contributed by atoms with Crippen molar-refractivity contribution in [3.63, 3.8) is 0 Å². The topological polar surface area (TPSA) is 147 Å². The lowest BCUT2D eigenvalue weighted by atomic mass is 9.84. The molecular formula is C33H38N4O8S. The van der Waals surface area contributed by atoms with Gasteiger partial charge >= 0.3 is 6.03 Å². The minimum atomic E-state index is -4.22. The van der Waals surface area contributed by atoms with Crippen molar-refractivity contribution >= 4 is 27.6 Å². The van der Waals surface area contributed by atoms with Crippen LogP contribution in [0.5, 0.6) is 17.2 Å². The van der Waals surface area contributed by atoms with Gasteiger partial charge in [-0.1, -0.05) is 24.3 Å². The molecule has 13 heteroatoms. The Kier molecular flexibility index (Phi) is 8.82. The number of amides is 3. The van der Waals surface area contributed by atoms with Crippen LogP contribution in [0.1, 0.15) is 25.7 Å². The first kappa shape index (κ1) is 31.6. The molecule has 3 heterocycles. The van der Waals surface area contributed by atoms with Crippen LogP contribution in [0.15, 0.2) is 71.6 Å². The van der Waals surface area contributed by atoms with Crippen LogP contribution < -0.4 is 24.8 Å². The zero-order valence-electron chi connectivity index (χ0n) is 25.8. The molecule has 0 saturated carbocycles. The average Bonchev–Trinajstić information content (AvgIpc) is 3.47. The van der Waals surface area contributed by atoms with Crippen LogP contribution in [0.3, 0.4) is 0 Å². The van der Waals surface area contributed by atoms with E-state index in [1.807, 2.05) is 24.3 Å². The number of aliphatic hydroxyl groups excluding tert-OH is 1. The minimum absolute atomic E-state index is 0.0195. The van der Waals surface area contributed by atoms with Gasteiger partial charge in [-0.3, -0.25) is 4.79 Å². The number of carbonyl (C=O) groups is 2. The Hall–Kier alpha value is -4.33. The van der Waals surface area contributed by atoms with Crippen LogP contribution in [0.2, 0.25) is 0 Å². The summed E-state index contributed by atoms with van der Waals surface area (Å²) >= 11 is 0. The quantitative estimate of drug-likeness (QED) is 0.389. The third-order valence-corrected chi connectivity index (χ3v) is 10.9. The lowest BCUT2D eigenvalue weighted by molar-refractivity contribution is -0.127. The van der Waals surface area contributed by atoms with Gasteiger partial charge < -0.3 is 34.9 Å². The maximum absolute atomic E-state index is 14.0. The maximum atomic E-state index is 14.0. The summed E-state index contributed by atoms with van der Waals surface area (Å²) in [4.78, 5) is 28.5. The normalized spacial score (nSPS) is 22.4. The number of anilines is 1. The number of hydrogen-bond donors (Lipinski definition) is 3. The fraction of sp³-hybridized carbons (Fsp3) is 0.394. The Morgan fingerprint density at radius 3 is 2.41 bits per heavy atom. The van der Waals surface area contributed by atoms with Gasteiger partial charge in [0.2, 0.25) is 15.9 Å². The number of methoxy groups -OCH3 is 2. The van der Waals surface area contributed by atoms with E-state index in [9.17, 15) is 23.1 Å². The molecular weight excluding hydrogens is 612 g/mol. The van der Waals surface area contributed by atoms with Gasteiger partial charge in [-0.15, -0.1) is 0 Å². The third kappa shape index (κ3) is 6.35. The first-order chi connectivity index (χ1) is 22.1. The molecule has 2 atom stereocenters. The maximum Gasteiger partial charge on any atom is 0.321 e. The van der Waals surface area contributed by atoms with Crippen molar-refractivity contribution in [1.82, 2.24) is 14.5 Å². The number of hydrogen-bond acceptors (Lipinski definition) is 8. The molecule has 0 aliphatic carbocycles. The molecule has 46 heavy (non-hydrogen) atoms. The predicted octanol–water partition coefficient (Wildman–Crippen LogP) is 3.46. The van der Waals surface area contributed by atoms with Crippen LogP contribution in [-0.2, 0) is 14.8 Å². The van der Waals surface area contributed by atoms with Gasteiger partial charge in [0, 0.05) is 49.8 Å². The van der Waals surface area contributed by atoms with Crippen molar-refractivity contribution in [1.29, 1.82) is 0 Å². The Bertz CT molecular complexity index is 1720. The molecule has 3 amide bonds. The fourth-order valence-corrected chi connectivity index (χ4v) is 8.16. The van der Waals surface area contributed by atoms with E-state index in [0.29, 0.717) is 49.5 Å². The summed E-state index contributed by atoms with van der Waals surface area (Å²) in [6, 6.07) is 18.0. The summed E-state index contributed by atoms with van der Waals surface area (Å²) in [5.74, 6) is 0.984. The molecule has 3 aliphatic rings. The highest BCUT2D eigenvalue weighted by Gasteiger charge is 2.47. The molecule has 6 rings (SSSR count). The standard InChI is InChI=1S/C33H38N4O8S/c1-43-26-7-3-5-22(17-26)23-9-10-30-29(18-23)45-16-13-33(35-31(39)28-20-25(38)21-37(28)46(30,41)42)11-14-36(15-12-33)32(40)34-24-6-4-8-27(19-24)44-2/h3-10,17-19,25,28,38H,11-16,20-21H2,1-2H3,(H,34,40)(H,35,39)/t25-,28+/m1/s1. The van der Waals surface area contributed by atoms with Gasteiger partial charge in [0.1, 0.15) is 28.2 Å². The summed E-state index contributed by atoms with van der Waals surface area (Å²) in [6.45, 7) is 0.653.